The standard InChI is InChI=1S/C15H27N3O3/c1-4-8-16-12(11-19-3)10-13-17-14(18-21-13)15(2)7-5-6-9-20-15/h12,16H,4-11H2,1-3H3. The van der Waals surface area contributed by atoms with E-state index in [2.05, 4.69) is 22.4 Å². The van der Waals surface area contributed by atoms with Crippen LogP contribution in [0.3, 0.4) is 0 Å². The van der Waals surface area contributed by atoms with Crippen molar-refractivity contribution in [1.82, 2.24) is 15.5 Å². The molecule has 0 aromatic carbocycles. The number of ether oxygens (including phenoxy) is 2. The van der Waals surface area contributed by atoms with Gasteiger partial charge < -0.3 is 19.3 Å². The van der Waals surface area contributed by atoms with Gasteiger partial charge in [0.1, 0.15) is 5.60 Å². The predicted molar refractivity (Wildman–Crippen MR) is 79.1 cm³/mol. The van der Waals surface area contributed by atoms with E-state index in [1.807, 2.05) is 6.92 Å². The fourth-order valence-electron chi connectivity index (χ4n) is 2.61. The Kier molecular flexibility index (Phi) is 6.14. The van der Waals surface area contributed by atoms with E-state index < -0.39 is 5.60 Å². The molecular formula is C15H27N3O3. The van der Waals surface area contributed by atoms with Gasteiger partial charge in [0.25, 0.3) is 0 Å². The molecule has 2 rings (SSSR count). The number of methoxy groups -OCH3 is 1. The molecule has 0 radical (unpaired) electrons. The van der Waals surface area contributed by atoms with Crippen LogP contribution in [0.15, 0.2) is 4.52 Å². The number of nitrogens with zero attached hydrogens (tertiary/aromatic N) is 2. The summed E-state index contributed by atoms with van der Waals surface area (Å²) < 4.78 is 16.5. The summed E-state index contributed by atoms with van der Waals surface area (Å²) in [5.41, 5.74) is -0.395. The Labute approximate surface area is 126 Å². The molecule has 1 N–H and O–H groups in total. The Morgan fingerprint density at radius 1 is 1.43 bits per heavy atom. The third kappa shape index (κ3) is 4.49. The normalized spacial score (nSPS) is 24.1. The van der Waals surface area contributed by atoms with E-state index in [1.54, 1.807) is 7.11 Å². The molecular weight excluding hydrogens is 270 g/mol. The number of hydrogen-bond acceptors (Lipinski definition) is 6. The fraction of sp³-hybridized carbons (Fsp3) is 0.867. The monoisotopic (exact) mass is 297 g/mol. The lowest BCUT2D eigenvalue weighted by Crippen LogP contribution is -2.36. The highest BCUT2D eigenvalue weighted by Crippen LogP contribution is 2.32. The molecule has 0 spiro atoms. The van der Waals surface area contributed by atoms with Crippen LogP contribution in [-0.4, -0.2) is 43.1 Å². The van der Waals surface area contributed by atoms with Crippen molar-refractivity contribution in [2.24, 2.45) is 0 Å². The number of aromatic nitrogens is 2. The summed E-state index contributed by atoms with van der Waals surface area (Å²) in [4.78, 5) is 4.54. The van der Waals surface area contributed by atoms with Gasteiger partial charge in [-0.1, -0.05) is 12.1 Å². The van der Waals surface area contributed by atoms with Crippen molar-refractivity contribution in [3.8, 4) is 0 Å². The lowest BCUT2D eigenvalue weighted by Gasteiger charge is -2.30. The maximum Gasteiger partial charge on any atom is 0.228 e. The summed E-state index contributed by atoms with van der Waals surface area (Å²) in [6.45, 7) is 6.54. The van der Waals surface area contributed by atoms with Gasteiger partial charge in [-0.25, -0.2) is 0 Å². The highest BCUT2D eigenvalue weighted by molar-refractivity contribution is 5.01. The quantitative estimate of drug-likeness (QED) is 0.792. The van der Waals surface area contributed by atoms with Crippen LogP contribution in [0.1, 0.15) is 51.2 Å². The highest BCUT2D eigenvalue weighted by Gasteiger charge is 2.35. The zero-order chi connectivity index (χ0) is 15.1. The molecule has 0 bridgehead atoms. The summed E-state index contributed by atoms with van der Waals surface area (Å²) in [5.74, 6) is 1.31. The largest absolute Gasteiger partial charge is 0.383 e. The first-order valence-corrected chi connectivity index (χ1v) is 7.87. The molecule has 21 heavy (non-hydrogen) atoms. The Morgan fingerprint density at radius 2 is 2.29 bits per heavy atom. The van der Waals surface area contributed by atoms with Gasteiger partial charge in [-0.3, -0.25) is 0 Å². The van der Waals surface area contributed by atoms with Gasteiger partial charge >= 0.3 is 0 Å². The van der Waals surface area contributed by atoms with E-state index in [0.717, 1.165) is 38.8 Å². The van der Waals surface area contributed by atoms with Crippen LogP contribution in [-0.2, 0) is 21.5 Å². The first kappa shape index (κ1) is 16.4. The molecule has 120 valence electrons. The molecule has 0 aliphatic carbocycles. The van der Waals surface area contributed by atoms with E-state index in [-0.39, 0.29) is 6.04 Å². The SMILES string of the molecule is CCCNC(COC)Cc1nc(C2(C)CCCCO2)no1. The number of rotatable bonds is 8. The van der Waals surface area contributed by atoms with Crippen molar-refractivity contribution in [3.05, 3.63) is 11.7 Å². The highest BCUT2D eigenvalue weighted by atomic mass is 16.5. The molecule has 2 atom stereocenters. The Bertz CT molecular complexity index is 416. The first-order chi connectivity index (χ1) is 10.2. The lowest BCUT2D eigenvalue weighted by molar-refractivity contribution is -0.0770. The van der Waals surface area contributed by atoms with E-state index >= 15 is 0 Å². The molecule has 2 unspecified atom stereocenters. The number of hydrogen-bond donors (Lipinski definition) is 1. The average molecular weight is 297 g/mol. The molecule has 6 heteroatoms. The van der Waals surface area contributed by atoms with Crippen molar-refractivity contribution >= 4 is 0 Å². The summed E-state index contributed by atoms with van der Waals surface area (Å²) in [6, 6.07) is 0.198. The smallest absolute Gasteiger partial charge is 0.228 e. The average Bonchev–Trinajstić information content (AvgIpc) is 2.95. The minimum atomic E-state index is -0.395. The second kappa shape index (κ2) is 7.87. The maximum absolute atomic E-state index is 5.86. The topological polar surface area (TPSA) is 69.4 Å². The second-order valence-electron chi connectivity index (χ2n) is 5.86. The second-order valence-corrected chi connectivity index (χ2v) is 5.86. The minimum Gasteiger partial charge on any atom is -0.383 e. The van der Waals surface area contributed by atoms with Crippen LogP contribution in [0.2, 0.25) is 0 Å². The van der Waals surface area contributed by atoms with E-state index in [1.165, 1.54) is 0 Å². The van der Waals surface area contributed by atoms with Gasteiger partial charge in [-0.15, -0.1) is 0 Å². The lowest BCUT2D eigenvalue weighted by atomic mass is 9.95. The predicted octanol–water partition coefficient (Wildman–Crippen LogP) is 2.04. The molecule has 2 heterocycles. The number of nitrogens with one attached hydrogen (secondary N) is 1. The zero-order valence-electron chi connectivity index (χ0n) is 13.4. The molecule has 6 nitrogen and oxygen atoms in total. The van der Waals surface area contributed by atoms with Gasteiger partial charge in [-0.05, 0) is 39.2 Å². The molecule has 1 aromatic rings. The first-order valence-electron chi connectivity index (χ1n) is 7.87. The van der Waals surface area contributed by atoms with Crippen molar-refractivity contribution in [1.29, 1.82) is 0 Å². The third-order valence-electron chi connectivity index (χ3n) is 3.88. The Morgan fingerprint density at radius 3 is 2.95 bits per heavy atom. The molecule has 1 aliphatic rings. The van der Waals surface area contributed by atoms with Gasteiger partial charge in [0.15, 0.2) is 0 Å². The summed E-state index contributed by atoms with van der Waals surface area (Å²) in [6.07, 6.45) is 4.96. The van der Waals surface area contributed by atoms with Crippen LogP contribution >= 0.6 is 0 Å². The van der Waals surface area contributed by atoms with Crippen molar-refractivity contribution in [3.63, 3.8) is 0 Å². The molecule has 0 saturated carbocycles. The van der Waals surface area contributed by atoms with E-state index in [4.69, 9.17) is 14.0 Å². The zero-order valence-corrected chi connectivity index (χ0v) is 13.4. The molecule has 0 amide bonds. The Balaban J connectivity index is 1.97. The van der Waals surface area contributed by atoms with Crippen molar-refractivity contribution in [2.75, 3.05) is 26.9 Å². The van der Waals surface area contributed by atoms with Crippen LogP contribution < -0.4 is 5.32 Å². The summed E-state index contributed by atoms with van der Waals surface area (Å²) in [7, 11) is 1.71. The van der Waals surface area contributed by atoms with Gasteiger partial charge in [0.2, 0.25) is 11.7 Å². The summed E-state index contributed by atoms with van der Waals surface area (Å²) in [5, 5.41) is 7.56. The summed E-state index contributed by atoms with van der Waals surface area (Å²) >= 11 is 0. The maximum atomic E-state index is 5.86. The van der Waals surface area contributed by atoms with Gasteiger partial charge in [0.05, 0.1) is 6.61 Å². The third-order valence-corrected chi connectivity index (χ3v) is 3.88. The van der Waals surface area contributed by atoms with Crippen molar-refractivity contribution < 1.29 is 14.0 Å². The van der Waals surface area contributed by atoms with Crippen LogP contribution in [0.5, 0.6) is 0 Å². The Hall–Kier alpha value is -0.980. The van der Waals surface area contributed by atoms with E-state index in [0.29, 0.717) is 24.7 Å². The molecule has 1 fully saturated rings. The molecule has 1 saturated heterocycles. The van der Waals surface area contributed by atoms with Gasteiger partial charge in [-0.2, -0.15) is 4.98 Å². The molecule has 1 aliphatic heterocycles. The van der Waals surface area contributed by atoms with Crippen LogP contribution in [0.25, 0.3) is 0 Å². The van der Waals surface area contributed by atoms with E-state index in [9.17, 15) is 0 Å². The van der Waals surface area contributed by atoms with Crippen LogP contribution in [0, 0.1) is 0 Å². The van der Waals surface area contributed by atoms with Crippen molar-refractivity contribution in [2.45, 2.75) is 57.6 Å². The molecule has 1 aromatic heterocycles. The van der Waals surface area contributed by atoms with Crippen LogP contribution in [0.4, 0.5) is 0 Å². The van der Waals surface area contributed by atoms with Gasteiger partial charge in [0, 0.05) is 26.2 Å². The fourth-order valence-corrected chi connectivity index (χ4v) is 2.61. The minimum absolute atomic E-state index is 0.198.